The number of amides is 1. The van der Waals surface area contributed by atoms with Crippen molar-refractivity contribution in [2.75, 3.05) is 6.61 Å². The van der Waals surface area contributed by atoms with Crippen molar-refractivity contribution in [2.24, 2.45) is 0 Å². The lowest BCUT2D eigenvalue weighted by molar-refractivity contribution is -0.122. The normalized spacial score (nSPS) is 14.7. The second-order valence-electron chi connectivity index (χ2n) is 6.74. The highest BCUT2D eigenvalue weighted by atomic mass is 16.5. The molecular weight excluding hydrogens is 346 g/mol. The molecule has 1 N–H and O–H groups in total. The zero-order valence-electron chi connectivity index (χ0n) is 15.5. The fourth-order valence-electron chi connectivity index (χ4n) is 3.38. The third-order valence-corrected chi connectivity index (χ3v) is 4.77. The van der Waals surface area contributed by atoms with Crippen LogP contribution in [0.3, 0.4) is 0 Å². The van der Waals surface area contributed by atoms with E-state index in [2.05, 4.69) is 5.32 Å². The zero-order valence-corrected chi connectivity index (χ0v) is 15.5. The van der Waals surface area contributed by atoms with Gasteiger partial charge in [0.2, 0.25) is 5.91 Å². The maximum absolute atomic E-state index is 12.4. The summed E-state index contributed by atoms with van der Waals surface area (Å²) < 4.78 is 7.81. The minimum absolute atomic E-state index is 0.144. The summed E-state index contributed by atoms with van der Waals surface area (Å²) in [4.78, 5) is 37.0. The van der Waals surface area contributed by atoms with E-state index in [-0.39, 0.29) is 18.5 Å². The van der Waals surface area contributed by atoms with Crippen molar-refractivity contribution in [3.8, 4) is 11.4 Å². The molecule has 0 atom stereocenters. The predicted molar refractivity (Wildman–Crippen MR) is 102 cm³/mol. The second-order valence-corrected chi connectivity index (χ2v) is 6.74. The third-order valence-electron chi connectivity index (χ3n) is 4.77. The molecule has 1 fully saturated rings. The summed E-state index contributed by atoms with van der Waals surface area (Å²) in [6.07, 6.45) is 8.36. The summed E-state index contributed by atoms with van der Waals surface area (Å²) in [7, 11) is 0. The number of carbonyl (C=O) groups is 1. The van der Waals surface area contributed by atoms with E-state index < -0.39 is 11.1 Å². The summed E-state index contributed by atoms with van der Waals surface area (Å²) in [5.41, 5.74) is -0.836. The predicted octanol–water partition coefficient (Wildman–Crippen LogP) is 1.85. The maximum atomic E-state index is 12.4. The van der Waals surface area contributed by atoms with Gasteiger partial charge >= 0.3 is 11.1 Å². The molecule has 1 saturated carbocycles. The Bertz CT molecular complexity index is 893. The minimum atomic E-state index is -0.717. The van der Waals surface area contributed by atoms with Gasteiger partial charge in [0, 0.05) is 24.1 Å². The van der Waals surface area contributed by atoms with Crippen molar-refractivity contribution in [2.45, 2.75) is 51.6 Å². The topological polar surface area (TPSA) is 82.3 Å². The molecule has 27 heavy (non-hydrogen) atoms. The Kier molecular flexibility index (Phi) is 6.11. The van der Waals surface area contributed by atoms with Crippen molar-refractivity contribution in [3.63, 3.8) is 0 Å². The van der Waals surface area contributed by atoms with Crippen LogP contribution in [0.2, 0.25) is 0 Å². The maximum Gasteiger partial charge on any atom is 0.320 e. The number of nitrogens with zero attached hydrogens (tertiary/aromatic N) is 2. The summed E-state index contributed by atoms with van der Waals surface area (Å²) in [6, 6.07) is 7.09. The van der Waals surface area contributed by atoms with Gasteiger partial charge in [-0.15, -0.1) is 0 Å². The fourth-order valence-corrected chi connectivity index (χ4v) is 3.38. The Morgan fingerprint density at radius 1 is 1.07 bits per heavy atom. The lowest BCUT2D eigenvalue weighted by atomic mass is 9.95. The van der Waals surface area contributed by atoms with Crippen molar-refractivity contribution in [1.82, 2.24) is 14.5 Å². The molecule has 1 amide bonds. The van der Waals surface area contributed by atoms with Crippen molar-refractivity contribution in [3.05, 3.63) is 57.4 Å². The molecule has 0 saturated heterocycles. The smallest absolute Gasteiger partial charge is 0.320 e. The summed E-state index contributed by atoms with van der Waals surface area (Å²) in [5, 5.41) is 2.96. The largest absolute Gasteiger partial charge is 0.494 e. The first-order valence-electron chi connectivity index (χ1n) is 9.43. The Balaban J connectivity index is 1.73. The highest BCUT2D eigenvalue weighted by Crippen LogP contribution is 2.17. The average Bonchev–Trinajstić information content (AvgIpc) is 2.67. The van der Waals surface area contributed by atoms with Crippen LogP contribution in [-0.4, -0.2) is 27.7 Å². The van der Waals surface area contributed by atoms with E-state index in [1.165, 1.54) is 23.4 Å². The second kappa shape index (κ2) is 8.70. The third kappa shape index (κ3) is 4.67. The van der Waals surface area contributed by atoms with E-state index in [0.29, 0.717) is 18.0 Å². The molecule has 0 unspecified atom stereocenters. The minimum Gasteiger partial charge on any atom is -0.494 e. The first-order chi connectivity index (χ1) is 13.1. The summed E-state index contributed by atoms with van der Waals surface area (Å²) in [6.45, 7) is 2.30. The summed E-state index contributed by atoms with van der Waals surface area (Å²) >= 11 is 0. The molecule has 0 bridgehead atoms. The van der Waals surface area contributed by atoms with Crippen LogP contribution >= 0.6 is 0 Å². The van der Waals surface area contributed by atoms with Crippen LogP contribution < -0.4 is 21.2 Å². The number of ether oxygens (including phenoxy) is 1. The quantitative estimate of drug-likeness (QED) is 0.786. The molecule has 7 nitrogen and oxygen atoms in total. The van der Waals surface area contributed by atoms with Gasteiger partial charge in [0.1, 0.15) is 12.3 Å². The van der Waals surface area contributed by atoms with Crippen molar-refractivity contribution < 1.29 is 9.53 Å². The highest BCUT2D eigenvalue weighted by Gasteiger charge is 2.16. The lowest BCUT2D eigenvalue weighted by Crippen LogP contribution is -2.44. The number of hydrogen-bond donors (Lipinski definition) is 1. The number of rotatable bonds is 6. The van der Waals surface area contributed by atoms with E-state index in [1.807, 2.05) is 6.92 Å². The van der Waals surface area contributed by atoms with E-state index in [1.54, 1.807) is 24.3 Å². The molecule has 1 heterocycles. The van der Waals surface area contributed by atoms with Gasteiger partial charge in [-0.3, -0.25) is 23.5 Å². The van der Waals surface area contributed by atoms with Gasteiger partial charge in [0.05, 0.1) is 6.61 Å². The Morgan fingerprint density at radius 2 is 1.78 bits per heavy atom. The Labute approximate surface area is 157 Å². The molecule has 2 aromatic rings. The first-order valence-corrected chi connectivity index (χ1v) is 9.43. The molecular formula is C20H25N3O4. The van der Waals surface area contributed by atoms with Crippen LogP contribution in [-0.2, 0) is 11.3 Å². The number of carbonyl (C=O) groups excluding carboxylic acids is 1. The number of hydrogen-bond acceptors (Lipinski definition) is 4. The molecule has 1 aromatic heterocycles. The molecule has 0 radical (unpaired) electrons. The fraction of sp³-hybridized carbons (Fsp3) is 0.450. The van der Waals surface area contributed by atoms with Gasteiger partial charge in [-0.25, -0.2) is 0 Å². The lowest BCUT2D eigenvalue weighted by Gasteiger charge is -2.22. The standard InChI is InChI=1S/C20H25N3O4/c1-2-27-17-10-8-16(9-11-17)23-13-12-22(19(25)20(23)26)14-18(24)21-15-6-4-3-5-7-15/h8-13,15H,2-7,14H2,1H3,(H,21,24). The van der Waals surface area contributed by atoms with Crippen LogP contribution in [0.1, 0.15) is 39.0 Å². The zero-order chi connectivity index (χ0) is 19.2. The van der Waals surface area contributed by atoms with Crippen molar-refractivity contribution >= 4 is 5.91 Å². The molecule has 7 heteroatoms. The van der Waals surface area contributed by atoms with Crippen LogP contribution in [0.4, 0.5) is 0 Å². The van der Waals surface area contributed by atoms with Crippen LogP contribution in [0.15, 0.2) is 46.2 Å². The first kappa shape index (κ1) is 18.9. The number of nitrogens with one attached hydrogen (secondary N) is 1. The molecule has 0 spiro atoms. The molecule has 144 valence electrons. The van der Waals surface area contributed by atoms with Gasteiger partial charge in [0.15, 0.2) is 0 Å². The SMILES string of the molecule is CCOc1ccc(-n2ccn(CC(=O)NC3CCCCC3)c(=O)c2=O)cc1. The van der Waals surface area contributed by atoms with Gasteiger partial charge in [-0.05, 0) is 44.0 Å². The molecule has 1 aromatic carbocycles. The molecule has 1 aliphatic rings. The molecule has 3 rings (SSSR count). The summed E-state index contributed by atoms with van der Waals surface area (Å²) in [5.74, 6) is 0.462. The van der Waals surface area contributed by atoms with Crippen LogP contribution in [0.25, 0.3) is 5.69 Å². The van der Waals surface area contributed by atoms with E-state index >= 15 is 0 Å². The van der Waals surface area contributed by atoms with Crippen molar-refractivity contribution in [1.29, 1.82) is 0 Å². The average molecular weight is 371 g/mol. The van der Waals surface area contributed by atoms with Crippen LogP contribution in [0, 0.1) is 0 Å². The number of aromatic nitrogens is 2. The van der Waals surface area contributed by atoms with Crippen LogP contribution in [0.5, 0.6) is 5.75 Å². The van der Waals surface area contributed by atoms with E-state index in [9.17, 15) is 14.4 Å². The van der Waals surface area contributed by atoms with E-state index in [0.717, 1.165) is 30.3 Å². The van der Waals surface area contributed by atoms with Gasteiger partial charge in [-0.1, -0.05) is 19.3 Å². The van der Waals surface area contributed by atoms with E-state index in [4.69, 9.17) is 4.74 Å². The Morgan fingerprint density at radius 3 is 2.44 bits per heavy atom. The highest BCUT2D eigenvalue weighted by molar-refractivity contribution is 5.76. The monoisotopic (exact) mass is 371 g/mol. The molecule has 1 aliphatic carbocycles. The molecule has 0 aliphatic heterocycles. The van der Waals surface area contributed by atoms with Gasteiger partial charge in [-0.2, -0.15) is 0 Å². The number of benzene rings is 1. The van der Waals surface area contributed by atoms with Gasteiger partial charge < -0.3 is 10.1 Å². The Hall–Kier alpha value is -2.83. The van der Waals surface area contributed by atoms with Gasteiger partial charge in [0.25, 0.3) is 0 Å².